The fourth-order valence-corrected chi connectivity index (χ4v) is 2.50. The van der Waals surface area contributed by atoms with Crippen LogP contribution in [0.2, 0.25) is 0 Å². The molecule has 0 unspecified atom stereocenters. The molecule has 92 valence electrons. The van der Waals surface area contributed by atoms with Crippen LogP contribution in [0.4, 0.5) is 0 Å². The van der Waals surface area contributed by atoms with E-state index < -0.39 is 6.10 Å². The van der Waals surface area contributed by atoms with E-state index in [1.165, 1.54) is 25.7 Å². The van der Waals surface area contributed by atoms with E-state index >= 15 is 0 Å². The van der Waals surface area contributed by atoms with Gasteiger partial charge >= 0.3 is 5.97 Å². The van der Waals surface area contributed by atoms with Gasteiger partial charge in [0.15, 0.2) is 0 Å². The Morgan fingerprint density at radius 1 is 1.19 bits per heavy atom. The Kier molecular flexibility index (Phi) is 4.18. The molecule has 0 radical (unpaired) electrons. The summed E-state index contributed by atoms with van der Waals surface area (Å²) in [5.41, 5.74) is 0. The van der Waals surface area contributed by atoms with Gasteiger partial charge in [-0.3, -0.25) is 4.79 Å². The van der Waals surface area contributed by atoms with E-state index in [4.69, 9.17) is 4.74 Å². The largest absolute Gasteiger partial charge is 0.461 e. The highest BCUT2D eigenvalue weighted by Gasteiger charge is 2.30. The number of aliphatic hydroxyl groups excluding tert-OH is 1. The molecule has 2 rings (SSSR count). The number of ether oxygens (including phenoxy) is 1. The number of carbonyl (C=O) groups excluding carboxylic acids is 1. The molecule has 2 N–H and O–H groups in total. The summed E-state index contributed by atoms with van der Waals surface area (Å²) in [6.07, 6.45) is 7.05. The Morgan fingerprint density at radius 3 is 2.44 bits per heavy atom. The minimum atomic E-state index is -0.397. The van der Waals surface area contributed by atoms with Gasteiger partial charge in [-0.25, -0.2) is 0 Å². The molecule has 1 heterocycles. The second-order valence-electron chi connectivity index (χ2n) is 4.90. The normalized spacial score (nSPS) is 32.3. The van der Waals surface area contributed by atoms with Crippen molar-refractivity contribution in [2.45, 2.75) is 63.2 Å². The lowest BCUT2D eigenvalue weighted by Gasteiger charge is -2.18. The third-order valence-corrected chi connectivity index (χ3v) is 3.48. The molecule has 2 aliphatic rings. The first kappa shape index (κ1) is 11.9. The maximum atomic E-state index is 11.8. The van der Waals surface area contributed by atoms with Gasteiger partial charge in [0, 0.05) is 13.0 Å². The Bertz CT molecular complexity index is 236. The number of carbonyl (C=O) groups is 1. The Morgan fingerprint density at radius 2 is 1.88 bits per heavy atom. The van der Waals surface area contributed by atoms with Crippen molar-refractivity contribution < 1.29 is 14.6 Å². The van der Waals surface area contributed by atoms with E-state index in [1.807, 2.05) is 0 Å². The molecule has 0 bridgehead atoms. The van der Waals surface area contributed by atoms with Gasteiger partial charge in [-0.05, 0) is 25.7 Å². The lowest BCUT2D eigenvalue weighted by Crippen LogP contribution is -2.34. The third-order valence-electron chi connectivity index (χ3n) is 3.48. The second kappa shape index (κ2) is 5.64. The molecule has 0 amide bonds. The first-order valence-electron chi connectivity index (χ1n) is 6.37. The Hall–Kier alpha value is -0.610. The van der Waals surface area contributed by atoms with Crippen molar-refractivity contribution in [3.05, 3.63) is 0 Å². The number of β-amino-alcohol motifs (C(OH)–C–C–N with tert-alkyl or cyclic N) is 1. The molecule has 2 atom stereocenters. The molecule has 1 aliphatic carbocycles. The summed E-state index contributed by atoms with van der Waals surface area (Å²) in [5.74, 6) is -0.177. The van der Waals surface area contributed by atoms with Crippen molar-refractivity contribution >= 4 is 5.97 Å². The smallest absolute Gasteiger partial charge is 0.323 e. The van der Waals surface area contributed by atoms with Gasteiger partial charge in [0.2, 0.25) is 0 Å². The van der Waals surface area contributed by atoms with Crippen LogP contribution in [0.5, 0.6) is 0 Å². The van der Waals surface area contributed by atoms with Crippen molar-refractivity contribution in [1.29, 1.82) is 0 Å². The summed E-state index contributed by atoms with van der Waals surface area (Å²) in [4.78, 5) is 11.8. The minimum Gasteiger partial charge on any atom is -0.461 e. The van der Waals surface area contributed by atoms with Gasteiger partial charge in [0.1, 0.15) is 12.1 Å². The molecule has 4 nitrogen and oxygen atoms in total. The SMILES string of the molecule is O=C(OC1CCCCCC1)[C@@H]1C[C@@H](O)CN1. The average molecular weight is 227 g/mol. The average Bonchev–Trinajstić information content (AvgIpc) is 2.54. The van der Waals surface area contributed by atoms with Crippen molar-refractivity contribution in [3.63, 3.8) is 0 Å². The number of rotatable bonds is 2. The lowest BCUT2D eigenvalue weighted by atomic mass is 10.1. The standard InChI is InChI=1S/C12H21NO3/c14-9-7-11(13-8-9)12(15)16-10-5-3-1-2-4-6-10/h9-11,13-14H,1-8H2/t9-,11+/m1/s1. The highest BCUT2D eigenvalue weighted by Crippen LogP contribution is 2.21. The van der Waals surface area contributed by atoms with Crippen LogP contribution in [0.3, 0.4) is 0 Å². The molecule has 4 heteroatoms. The van der Waals surface area contributed by atoms with Crippen LogP contribution < -0.4 is 5.32 Å². The van der Waals surface area contributed by atoms with Gasteiger partial charge in [-0.2, -0.15) is 0 Å². The van der Waals surface area contributed by atoms with Gasteiger partial charge in [0.25, 0.3) is 0 Å². The quantitative estimate of drug-likeness (QED) is 0.545. The molecule has 1 saturated carbocycles. The zero-order valence-electron chi connectivity index (χ0n) is 9.65. The van der Waals surface area contributed by atoms with Crippen LogP contribution in [0.15, 0.2) is 0 Å². The molecule has 2 fully saturated rings. The Labute approximate surface area is 96.4 Å². The van der Waals surface area contributed by atoms with Crippen molar-refractivity contribution in [1.82, 2.24) is 5.32 Å². The molecule has 16 heavy (non-hydrogen) atoms. The predicted molar refractivity (Wildman–Crippen MR) is 60.0 cm³/mol. The number of aliphatic hydroxyl groups is 1. The monoisotopic (exact) mass is 227 g/mol. The summed E-state index contributed by atoms with van der Waals surface area (Å²) in [6.45, 7) is 0.504. The summed E-state index contributed by atoms with van der Waals surface area (Å²) < 4.78 is 5.49. The van der Waals surface area contributed by atoms with E-state index in [0.717, 1.165) is 12.8 Å². The zero-order chi connectivity index (χ0) is 11.4. The van der Waals surface area contributed by atoms with E-state index in [2.05, 4.69) is 5.32 Å². The molecule has 0 aromatic rings. The van der Waals surface area contributed by atoms with Crippen LogP contribution >= 0.6 is 0 Å². The predicted octanol–water partition coefficient (Wildman–Crippen LogP) is 0.975. The van der Waals surface area contributed by atoms with Crippen LogP contribution in [0.25, 0.3) is 0 Å². The van der Waals surface area contributed by atoms with E-state index in [0.29, 0.717) is 13.0 Å². The molecular formula is C12H21NO3. The number of nitrogens with one attached hydrogen (secondary N) is 1. The van der Waals surface area contributed by atoms with Crippen molar-refractivity contribution in [3.8, 4) is 0 Å². The van der Waals surface area contributed by atoms with Gasteiger partial charge in [0.05, 0.1) is 6.10 Å². The fraction of sp³-hybridized carbons (Fsp3) is 0.917. The second-order valence-corrected chi connectivity index (χ2v) is 4.90. The molecule has 1 saturated heterocycles. The fourth-order valence-electron chi connectivity index (χ4n) is 2.50. The Balaban J connectivity index is 1.77. The highest BCUT2D eigenvalue weighted by atomic mass is 16.5. The maximum Gasteiger partial charge on any atom is 0.323 e. The summed E-state index contributed by atoms with van der Waals surface area (Å²) in [6, 6.07) is -0.293. The number of hydrogen-bond donors (Lipinski definition) is 2. The van der Waals surface area contributed by atoms with Crippen molar-refractivity contribution in [2.24, 2.45) is 0 Å². The topological polar surface area (TPSA) is 58.6 Å². The summed E-state index contributed by atoms with van der Waals surface area (Å²) in [5, 5.41) is 12.3. The molecule has 0 aromatic carbocycles. The van der Waals surface area contributed by atoms with Crippen LogP contribution in [0, 0.1) is 0 Å². The maximum absolute atomic E-state index is 11.8. The minimum absolute atomic E-state index is 0.106. The van der Waals surface area contributed by atoms with Crippen LogP contribution in [0.1, 0.15) is 44.9 Å². The van der Waals surface area contributed by atoms with Gasteiger partial charge < -0.3 is 15.2 Å². The molecular weight excluding hydrogens is 206 g/mol. The van der Waals surface area contributed by atoms with E-state index in [-0.39, 0.29) is 18.1 Å². The van der Waals surface area contributed by atoms with Crippen molar-refractivity contribution in [2.75, 3.05) is 6.54 Å². The summed E-state index contributed by atoms with van der Waals surface area (Å²) in [7, 11) is 0. The van der Waals surface area contributed by atoms with E-state index in [1.54, 1.807) is 0 Å². The lowest BCUT2D eigenvalue weighted by molar-refractivity contribution is -0.152. The third kappa shape index (κ3) is 3.19. The summed E-state index contributed by atoms with van der Waals surface area (Å²) >= 11 is 0. The number of esters is 1. The van der Waals surface area contributed by atoms with Crippen LogP contribution in [-0.2, 0) is 9.53 Å². The molecule has 0 aromatic heterocycles. The van der Waals surface area contributed by atoms with E-state index in [9.17, 15) is 9.90 Å². The van der Waals surface area contributed by atoms with Gasteiger partial charge in [-0.15, -0.1) is 0 Å². The zero-order valence-corrected chi connectivity index (χ0v) is 9.65. The number of hydrogen-bond acceptors (Lipinski definition) is 4. The highest BCUT2D eigenvalue weighted by molar-refractivity contribution is 5.76. The first-order chi connectivity index (χ1) is 7.75. The molecule has 0 spiro atoms. The first-order valence-corrected chi connectivity index (χ1v) is 6.37. The van der Waals surface area contributed by atoms with Gasteiger partial charge in [-0.1, -0.05) is 12.8 Å². The molecule has 1 aliphatic heterocycles. The van der Waals surface area contributed by atoms with Crippen LogP contribution in [-0.4, -0.2) is 35.9 Å².